The van der Waals surface area contributed by atoms with E-state index in [1.54, 1.807) is 13.0 Å². The number of carbonyl (C=O) groups is 1. The monoisotopic (exact) mass is 264 g/mol. The van der Waals surface area contributed by atoms with Gasteiger partial charge in [-0.3, -0.25) is 0 Å². The van der Waals surface area contributed by atoms with Crippen molar-refractivity contribution in [1.29, 1.82) is 0 Å². The molecule has 1 fully saturated rings. The van der Waals surface area contributed by atoms with E-state index in [9.17, 15) is 9.90 Å². The van der Waals surface area contributed by atoms with E-state index < -0.39 is 0 Å². The molecule has 1 saturated heterocycles. The van der Waals surface area contributed by atoms with Gasteiger partial charge >= 0.3 is 5.97 Å². The molecular weight excluding hydrogens is 244 g/mol. The average Bonchev–Trinajstić information content (AvgIpc) is 2.88. The lowest BCUT2D eigenvalue weighted by Crippen LogP contribution is -2.22. The number of aliphatic hydroxyl groups excluding tert-OH is 1. The minimum atomic E-state index is -0.389. The van der Waals surface area contributed by atoms with Crippen LogP contribution in [0.25, 0.3) is 0 Å². The molecule has 1 heterocycles. The smallest absolute Gasteiger partial charge is 0.340 e. The first-order valence-electron chi connectivity index (χ1n) is 6.58. The van der Waals surface area contributed by atoms with E-state index in [-0.39, 0.29) is 18.5 Å². The molecule has 1 aromatic rings. The molecule has 0 bridgehead atoms. The van der Waals surface area contributed by atoms with Crippen LogP contribution in [0.1, 0.15) is 23.7 Å². The number of aliphatic hydroxyl groups is 1. The molecule has 1 unspecified atom stereocenters. The zero-order valence-electron chi connectivity index (χ0n) is 11.1. The van der Waals surface area contributed by atoms with Crippen LogP contribution in [0.2, 0.25) is 0 Å². The summed E-state index contributed by atoms with van der Waals surface area (Å²) < 4.78 is 4.99. The molecule has 0 aliphatic carbocycles. The Bertz CT molecular complexity index is 462. The van der Waals surface area contributed by atoms with Crippen molar-refractivity contribution in [1.82, 2.24) is 0 Å². The van der Waals surface area contributed by atoms with E-state index in [4.69, 9.17) is 10.5 Å². The lowest BCUT2D eigenvalue weighted by atomic mass is 10.1. The van der Waals surface area contributed by atoms with E-state index in [0.29, 0.717) is 17.9 Å². The van der Waals surface area contributed by atoms with Gasteiger partial charge in [-0.25, -0.2) is 4.79 Å². The van der Waals surface area contributed by atoms with Crippen molar-refractivity contribution in [2.45, 2.75) is 13.3 Å². The van der Waals surface area contributed by atoms with E-state index >= 15 is 0 Å². The Kier molecular flexibility index (Phi) is 4.27. The maximum atomic E-state index is 11.8. The number of nitrogen functional groups attached to an aromatic ring is 1. The van der Waals surface area contributed by atoms with Gasteiger partial charge in [-0.2, -0.15) is 0 Å². The van der Waals surface area contributed by atoms with Crippen molar-refractivity contribution in [3.05, 3.63) is 23.8 Å². The third-order valence-corrected chi connectivity index (χ3v) is 3.46. The fraction of sp³-hybridized carbons (Fsp3) is 0.500. The Balaban J connectivity index is 2.23. The van der Waals surface area contributed by atoms with Crippen LogP contribution < -0.4 is 10.6 Å². The van der Waals surface area contributed by atoms with Gasteiger partial charge in [0.05, 0.1) is 23.5 Å². The highest BCUT2D eigenvalue weighted by Crippen LogP contribution is 2.31. The van der Waals surface area contributed by atoms with Crippen LogP contribution in [0.3, 0.4) is 0 Å². The molecule has 0 radical (unpaired) electrons. The Hall–Kier alpha value is -1.75. The molecule has 5 nitrogen and oxygen atoms in total. The minimum Gasteiger partial charge on any atom is -0.462 e. The zero-order chi connectivity index (χ0) is 13.8. The van der Waals surface area contributed by atoms with Crippen molar-refractivity contribution in [3.63, 3.8) is 0 Å². The summed E-state index contributed by atoms with van der Waals surface area (Å²) in [4.78, 5) is 13.9. The highest BCUT2D eigenvalue weighted by molar-refractivity contribution is 5.98. The Morgan fingerprint density at radius 2 is 2.37 bits per heavy atom. The van der Waals surface area contributed by atoms with Gasteiger partial charge in [-0.15, -0.1) is 0 Å². The van der Waals surface area contributed by atoms with Gasteiger partial charge in [0.15, 0.2) is 0 Å². The van der Waals surface area contributed by atoms with Gasteiger partial charge < -0.3 is 20.5 Å². The van der Waals surface area contributed by atoms with Gasteiger partial charge in [0.1, 0.15) is 0 Å². The summed E-state index contributed by atoms with van der Waals surface area (Å²) in [5.41, 5.74) is 7.79. The lowest BCUT2D eigenvalue weighted by molar-refractivity contribution is 0.0527. The fourth-order valence-electron chi connectivity index (χ4n) is 2.42. The normalized spacial score (nSPS) is 18.6. The van der Waals surface area contributed by atoms with Crippen LogP contribution in [-0.4, -0.2) is 37.4 Å². The molecule has 0 aromatic heterocycles. The summed E-state index contributed by atoms with van der Waals surface area (Å²) >= 11 is 0. The Labute approximate surface area is 113 Å². The Morgan fingerprint density at radius 1 is 1.58 bits per heavy atom. The maximum Gasteiger partial charge on any atom is 0.340 e. The molecule has 19 heavy (non-hydrogen) atoms. The first kappa shape index (κ1) is 13.7. The summed E-state index contributed by atoms with van der Waals surface area (Å²) in [5, 5.41) is 9.18. The molecule has 1 atom stereocenters. The van der Waals surface area contributed by atoms with Crippen LogP contribution >= 0.6 is 0 Å². The fourth-order valence-corrected chi connectivity index (χ4v) is 2.42. The largest absolute Gasteiger partial charge is 0.462 e. The van der Waals surface area contributed by atoms with Crippen molar-refractivity contribution < 1.29 is 14.6 Å². The highest BCUT2D eigenvalue weighted by atomic mass is 16.5. The zero-order valence-corrected chi connectivity index (χ0v) is 11.1. The number of anilines is 2. The number of nitrogens with zero attached hydrogens (tertiary/aromatic N) is 1. The van der Waals surface area contributed by atoms with Crippen molar-refractivity contribution in [3.8, 4) is 0 Å². The molecule has 2 rings (SSSR count). The van der Waals surface area contributed by atoms with Gasteiger partial charge in [0.2, 0.25) is 0 Å². The number of rotatable bonds is 4. The first-order valence-corrected chi connectivity index (χ1v) is 6.58. The van der Waals surface area contributed by atoms with Crippen LogP contribution in [0.15, 0.2) is 18.2 Å². The summed E-state index contributed by atoms with van der Waals surface area (Å²) in [6.45, 7) is 3.91. The molecular formula is C14H20N2O3. The SMILES string of the molecule is CCOC(=O)c1cccc(N2CCC(CO)C2)c1N. The van der Waals surface area contributed by atoms with Crippen LogP contribution in [0, 0.1) is 5.92 Å². The minimum absolute atomic E-state index is 0.188. The molecule has 0 spiro atoms. The van der Waals surface area contributed by atoms with E-state index in [1.165, 1.54) is 0 Å². The number of benzene rings is 1. The number of nitrogens with two attached hydrogens (primary N) is 1. The highest BCUT2D eigenvalue weighted by Gasteiger charge is 2.24. The number of ether oxygens (including phenoxy) is 1. The third-order valence-electron chi connectivity index (χ3n) is 3.46. The summed E-state index contributed by atoms with van der Waals surface area (Å²) in [6, 6.07) is 5.39. The molecule has 1 aliphatic rings. The third kappa shape index (κ3) is 2.81. The van der Waals surface area contributed by atoms with Gasteiger partial charge in [-0.05, 0) is 25.5 Å². The quantitative estimate of drug-likeness (QED) is 0.632. The van der Waals surface area contributed by atoms with E-state index in [2.05, 4.69) is 4.90 Å². The topological polar surface area (TPSA) is 75.8 Å². The second-order valence-corrected chi connectivity index (χ2v) is 4.74. The second kappa shape index (κ2) is 5.93. The van der Waals surface area contributed by atoms with Crippen molar-refractivity contribution in [2.75, 3.05) is 36.9 Å². The lowest BCUT2D eigenvalue weighted by Gasteiger charge is -2.21. The van der Waals surface area contributed by atoms with Crippen molar-refractivity contribution >= 4 is 17.3 Å². The van der Waals surface area contributed by atoms with E-state index in [1.807, 2.05) is 12.1 Å². The van der Waals surface area contributed by atoms with Crippen molar-refractivity contribution in [2.24, 2.45) is 5.92 Å². The van der Waals surface area contributed by atoms with Gasteiger partial charge in [0.25, 0.3) is 0 Å². The summed E-state index contributed by atoms with van der Waals surface area (Å²) in [5.74, 6) is -0.106. The number of esters is 1. The van der Waals surface area contributed by atoms with Crippen LogP contribution in [0.4, 0.5) is 11.4 Å². The average molecular weight is 264 g/mol. The molecule has 0 saturated carbocycles. The van der Waals surface area contributed by atoms with Crippen LogP contribution in [-0.2, 0) is 4.74 Å². The van der Waals surface area contributed by atoms with Gasteiger partial charge in [0, 0.05) is 25.6 Å². The molecule has 104 valence electrons. The number of hydrogen-bond acceptors (Lipinski definition) is 5. The molecule has 1 aliphatic heterocycles. The maximum absolute atomic E-state index is 11.8. The van der Waals surface area contributed by atoms with Crippen LogP contribution in [0.5, 0.6) is 0 Å². The molecule has 0 amide bonds. The molecule has 5 heteroatoms. The summed E-state index contributed by atoms with van der Waals surface area (Å²) in [6.07, 6.45) is 0.944. The van der Waals surface area contributed by atoms with E-state index in [0.717, 1.165) is 25.2 Å². The van der Waals surface area contributed by atoms with Gasteiger partial charge in [-0.1, -0.05) is 6.07 Å². The summed E-state index contributed by atoms with van der Waals surface area (Å²) in [7, 11) is 0. The number of hydrogen-bond donors (Lipinski definition) is 2. The first-order chi connectivity index (χ1) is 9.17. The molecule has 1 aromatic carbocycles. The molecule has 3 N–H and O–H groups in total. The predicted octanol–water partition coefficient (Wildman–Crippen LogP) is 1.26. The predicted molar refractivity (Wildman–Crippen MR) is 74.2 cm³/mol. The Morgan fingerprint density at radius 3 is 3.00 bits per heavy atom. The standard InChI is InChI=1S/C14H20N2O3/c1-2-19-14(18)11-4-3-5-12(13(11)15)16-7-6-10(8-16)9-17/h3-5,10,17H,2,6-9,15H2,1H3. The second-order valence-electron chi connectivity index (χ2n) is 4.74. The number of para-hydroxylation sites is 1. The number of carbonyl (C=O) groups excluding carboxylic acids is 1.